The largest absolute Gasteiger partial charge is 0.366 e. The zero-order chi connectivity index (χ0) is 10.0. The van der Waals surface area contributed by atoms with Crippen molar-refractivity contribution < 1.29 is 4.79 Å². The molecule has 1 saturated carbocycles. The smallest absolute Gasteiger partial charge is 0.231 e. The standard InChI is InChI=1S/C10H15N3O/c11-7-10(3-1-4-10)9(14)13-8-2-5-12-6-8/h2,5-6,12H,1,3-4,7,11H2,(H,13,14). The fourth-order valence-electron chi connectivity index (χ4n) is 1.79. The third-order valence-electron chi connectivity index (χ3n) is 3.04. The molecule has 0 radical (unpaired) electrons. The van der Waals surface area contributed by atoms with Crippen molar-refractivity contribution in [1.82, 2.24) is 4.98 Å². The van der Waals surface area contributed by atoms with Crippen LogP contribution in [0.3, 0.4) is 0 Å². The minimum atomic E-state index is -0.294. The van der Waals surface area contributed by atoms with Crippen LogP contribution in [-0.4, -0.2) is 17.4 Å². The highest BCUT2D eigenvalue weighted by Crippen LogP contribution is 2.40. The van der Waals surface area contributed by atoms with Crippen LogP contribution in [0, 0.1) is 5.41 Å². The Morgan fingerprint density at radius 3 is 2.86 bits per heavy atom. The predicted molar refractivity (Wildman–Crippen MR) is 54.8 cm³/mol. The van der Waals surface area contributed by atoms with E-state index in [1.54, 1.807) is 12.4 Å². The summed E-state index contributed by atoms with van der Waals surface area (Å²) in [7, 11) is 0. The van der Waals surface area contributed by atoms with Crippen LogP contribution >= 0.6 is 0 Å². The number of rotatable bonds is 3. The molecule has 0 unspecified atom stereocenters. The molecule has 1 aliphatic rings. The van der Waals surface area contributed by atoms with Gasteiger partial charge in [0.1, 0.15) is 0 Å². The van der Waals surface area contributed by atoms with Crippen molar-refractivity contribution in [3.8, 4) is 0 Å². The summed E-state index contributed by atoms with van der Waals surface area (Å²) in [6, 6.07) is 1.83. The molecule has 1 aliphatic carbocycles. The first kappa shape index (κ1) is 9.27. The molecule has 1 aromatic rings. The van der Waals surface area contributed by atoms with E-state index in [2.05, 4.69) is 10.3 Å². The van der Waals surface area contributed by atoms with Crippen LogP contribution in [0.4, 0.5) is 5.69 Å². The van der Waals surface area contributed by atoms with Crippen LogP contribution in [0.15, 0.2) is 18.5 Å². The summed E-state index contributed by atoms with van der Waals surface area (Å²) in [5.41, 5.74) is 6.15. The van der Waals surface area contributed by atoms with Crippen molar-refractivity contribution in [3.63, 3.8) is 0 Å². The molecule has 0 atom stereocenters. The second kappa shape index (κ2) is 3.46. The van der Waals surface area contributed by atoms with Gasteiger partial charge in [-0.05, 0) is 18.9 Å². The Hall–Kier alpha value is -1.29. The van der Waals surface area contributed by atoms with E-state index in [1.807, 2.05) is 6.07 Å². The van der Waals surface area contributed by atoms with E-state index in [-0.39, 0.29) is 11.3 Å². The molecule has 4 N–H and O–H groups in total. The van der Waals surface area contributed by atoms with Gasteiger partial charge >= 0.3 is 0 Å². The Kier molecular flexibility index (Phi) is 2.29. The lowest BCUT2D eigenvalue weighted by molar-refractivity contribution is -0.129. The van der Waals surface area contributed by atoms with E-state index in [1.165, 1.54) is 0 Å². The third kappa shape index (κ3) is 1.42. The van der Waals surface area contributed by atoms with Crippen LogP contribution < -0.4 is 11.1 Å². The van der Waals surface area contributed by atoms with E-state index in [9.17, 15) is 4.79 Å². The number of aromatic nitrogens is 1. The highest BCUT2D eigenvalue weighted by Gasteiger charge is 2.42. The van der Waals surface area contributed by atoms with Crippen molar-refractivity contribution in [3.05, 3.63) is 18.5 Å². The SMILES string of the molecule is NCC1(C(=O)Nc2cc[nH]c2)CCC1. The molecule has 0 saturated heterocycles. The Labute approximate surface area is 82.9 Å². The van der Waals surface area contributed by atoms with E-state index in [4.69, 9.17) is 5.73 Å². The molecule has 1 amide bonds. The fourth-order valence-corrected chi connectivity index (χ4v) is 1.79. The van der Waals surface area contributed by atoms with Gasteiger partial charge in [0.2, 0.25) is 5.91 Å². The summed E-state index contributed by atoms with van der Waals surface area (Å²) < 4.78 is 0. The van der Waals surface area contributed by atoms with Gasteiger partial charge in [0.25, 0.3) is 0 Å². The summed E-state index contributed by atoms with van der Waals surface area (Å²) in [6.45, 7) is 0.448. The van der Waals surface area contributed by atoms with Gasteiger partial charge in [0.05, 0.1) is 11.1 Å². The molecular formula is C10H15N3O. The topological polar surface area (TPSA) is 70.9 Å². The van der Waals surface area contributed by atoms with Crippen LogP contribution in [0.5, 0.6) is 0 Å². The number of anilines is 1. The zero-order valence-electron chi connectivity index (χ0n) is 8.05. The number of carbonyl (C=O) groups is 1. The van der Waals surface area contributed by atoms with Gasteiger partial charge in [-0.25, -0.2) is 0 Å². The molecule has 1 fully saturated rings. The number of aromatic amines is 1. The van der Waals surface area contributed by atoms with Gasteiger partial charge in [-0.2, -0.15) is 0 Å². The molecule has 0 aliphatic heterocycles. The quantitative estimate of drug-likeness (QED) is 0.672. The lowest BCUT2D eigenvalue weighted by atomic mass is 9.68. The summed E-state index contributed by atoms with van der Waals surface area (Å²) >= 11 is 0. The Bertz CT molecular complexity index is 309. The predicted octanol–water partition coefficient (Wildman–Crippen LogP) is 1.08. The highest BCUT2D eigenvalue weighted by atomic mass is 16.2. The molecule has 76 valence electrons. The second-order valence-corrected chi connectivity index (χ2v) is 3.89. The Morgan fingerprint density at radius 2 is 2.43 bits per heavy atom. The molecule has 14 heavy (non-hydrogen) atoms. The molecule has 0 aromatic carbocycles. The maximum absolute atomic E-state index is 11.8. The molecule has 2 rings (SSSR count). The van der Waals surface area contributed by atoms with Crippen LogP contribution in [-0.2, 0) is 4.79 Å². The summed E-state index contributed by atoms with van der Waals surface area (Å²) in [6.07, 6.45) is 6.49. The normalized spacial score (nSPS) is 18.6. The number of carbonyl (C=O) groups excluding carboxylic acids is 1. The molecule has 4 nitrogen and oxygen atoms in total. The number of nitrogens with two attached hydrogens (primary N) is 1. The molecular weight excluding hydrogens is 178 g/mol. The maximum Gasteiger partial charge on any atom is 0.231 e. The number of nitrogens with one attached hydrogen (secondary N) is 2. The monoisotopic (exact) mass is 193 g/mol. The summed E-state index contributed by atoms with van der Waals surface area (Å²) in [5, 5.41) is 2.87. The molecule has 1 heterocycles. The summed E-state index contributed by atoms with van der Waals surface area (Å²) in [5.74, 6) is 0.0610. The van der Waals surface area contributed by atoms with Crippen molar-refractivity contribution >= 4 is 11.6 Å². The Balaban J connectivity index is 2.01. The van der Waals surface area contributed by atoms with Gasteiger partial charge in [-0.3, -0.25) is 4.79 Å². The minimum Gasteiger partial charge on any atom is -0.366 e. The number of H-pyrrole nitrogens is 1. The van der Waals surface area contributed by atoms with E-state index >= 15 is 0 Å². The maximum atomic E-state index is 11.8. The second-order valence-electron chi connectivity index (χ2n) is 3.89. The van der Waals surface area contributed by atoms with Gasteiger partial charge in [0.15, 0.2) is 0 Å². The lowest BCUT2D eigenvalue weighted by Gasteiger charge is -2.38. The zero-order valence-corrected chi connectivity index (χ0v) is 8.05. The van der Waals surface area contributed by atoms with Gasteiger partial charge in [0, 0.05) is 18.9 Å². The molecule has 0 spiro atoms. The summed E-state index contributed by atoms with van der Waals surface area (Å²) in [4.78, 5) is 14.7. The van der Waals surface area contributed by atoms with Crippen LogP contribution in [0.25, 0.3) is 0 Å². The molecule has 1 aromatic heterocycles. The first-order valence-corrected chi connectivity index (χ1v) is 4.91. The Morgan fingerprint density at radius 1 is 1.64 bits per heavy atom. The fraction of sp³-hybridized carbons (Fsp3) is 0.500. The van der Waals surface area contributed by atoms with Crippen molar-refractivity contribution in [2.45, 2.75) is 19.3 Å². The molecule has 0 bridgehead atoms. The van der Waals surface area contributed by atoms with E-state index in [0.717, 1.165) is 24.9 Å². The third-order valence-corrected chi connectivity index (χ3v) is 3.04. The molecule has 4 heteroatoms. The van der Waals surface area contributed by atoms with E-state index in [0.29, 0.717) is 6.54 Å². The first-order chi connectivity index (χ1) is 6.77. The van der Waals surface area contributed by atoms with Gasteiger partial charge in [-0.15, -0.1) is 0 Å². The van der Waals surface area contributed by atoms with Gasteiger partial charge < -0.3 is 16.0 Å². The minimum absolute atomic E-state index is 0.0610. The van der Waals surface area contributed by atoms with E-state index < -0.39 is 0 Å². The first-order valence-electron chi connectivity index (χ1n) is 4.91. The van der Waals surface area contributed by atoms with Crippen molar-refractivity contribution in [1.29, 1.82) is 0 Å². The van der Waals surface area contributed by atoms with Crippen LogP contribution in [0.1, 0.15) is 19.3 Å². The van der Waals surface area contributed by atoms with Crippen molar-refractivity contribution in [2.24, 2.45) is 11.1 Å². The number of hydrogen-bond donors (Lipinski definition) is 3. The lowest BCUT2D eigenvalue weighted by Crippen LogP contribution is -2.47. The van der Waals surface area contributed by atoms with Gasteiger partial charge in [-0.1, -0.05) is 6.42 Å². The number of amides is 1. The highest BCUT2D eigenvalue weighted by molar-refractivity contribution is 5.96. The average molecular weight is 193 g/mol. The van der Waals surface area contributed by atoms with Crippen molar-refractivity contribution in [2.75, 3.05) is 11.9 Å². The average Bonchev–Trinajstić information content (AvgIpc) is 2.55. The number of hydrogen-bond acceptors (Lipinski definition) is 2. The van der Waals surface area contributed by atoms with Crippen LogP contribution in [0.2, 0.25) is 0 Å².